The summed E-state index contributed by atoms with van der Waals surface area (Å²) < 4.78 is 18.5. The molecule has 0 fully saturated rings. The molecule has 1 aliphatic rings. The second kappa shape index (κ2) is 6.40. The van der Waals surface area contributed by atoms with Crippen molar-refractivity contribution in [2.24, 2.45) is 0 Å². The molecule has 6 nitrogen and oxygen atoms in total. The zero-order chi connectivity index (χ0) is 17.4. The van der Waals surface area contributed by atoms with Crippen LogP contribution in [0.25, 0.3) is 11.4 Å². The van der Waals surface area contributed by atoms with E-state index >= 15 is 0 Å². The highest BCUT2D eigenvalue weighted by Gasteiger charge is 2.22. The largest absolute Gasteiger partial charge is 0.493 e. The van der Waals surface area contributed by atoms with E-state index in [4.69, 9.17) is 19.2 Å². The van der Waals surface area contributed by atoms with Gasteiger partial charge in [-0.25, -0.2) is 9.97 Å². The van der Waals surface area contributed by atoms with Gasteiger partial charge in [-0.15, -0.1) is 11.3 Å². The molecule has 0 spiro atoms. The highest BCUT2D eigenvalue weighted by atomic mass is 32.1. The Hall–Kier alpha value is -2.54. The van der Waals surface area contributed by atoms with Gasteiger partial charge in [0.25, 0.3) is 0 Å². The molecular weight excluding hydrogens is 338 g/mol. The van der Waals surface area contributed by atoms with Crippen LogP contribution in [0.4, 0.5) is 0 Å². The Bertz CT molecular complexity index is 901. The molecule has 0 saturated carbocycles. The first kappa shape index (κ1) is 16.0. The topological polar surface area (TPSA) is 58.4 Å². The van der Waals surface area contributed by atoms with Crippen molar-refractivity contribution in [1.82, 2.24) is 14.5 Å². The number of imidazole rings is 1. The van der Waals surface area contributed by atoms with Gasteiger partial charge < -0.3 is 18.8 Å². The summed E-state index contributed by atoms with van der Waals surface area (Å²) in [6, 6.07) is 3.86. The maximum Gasteiger partial charge on any atom is 0.231 e. The summed E-state index contributed by atoms with van der Waals surface area (Å²) in [4.78, 5) is 9.22. The first-order valence-corrected chi connectivity index (χ1v) is 8.97. The number of rotatable bonds is 5. The predicted octanol–water partition coefficient (Wildman–Crippen LogP) is 3.92. The number of methoxy groups -OCH3 is 1. The summed E-state index contributed by atoms with van der Waals surface area (Å²) in [6.07, 6.45) is 3.75. The lowest BCUT2D eigenvalue weighted by Gasteiger charge is -2.10. The second-order valence-corrected chi connectivity index (χ2v) is 7.01. The van der Waals surface area contributed by atoms with E-state index in [1.54, 1.807) is 24.6 Å². The maximum absolute atomic E-state index is 5.52. The monoisotopic (exact) mass is 357 g/mol. The van der Waals surface area contributed by atoms with Gasteiger partial charge in [-0.05, 0) is 12.1 Å². The lowest BCUT2D eigenvalue weighted by molar-refractivity contribution is 0.171. The molecule has 25 heavy (non-hydrogen) atoms. The van der Waals surface area contributed by atoms with E-state index in [1.165, 1.54) is 0 Å². The Kier molecular flexibility index (Phi) is 4.09. The van der Waals surface area contributed by atoms with Gasteiger partial charge >= 0.3 is 0 Å². The van der Waals surface area contributed by atoms with Gasteiger partial charge in [0.2, 0.25) is 12.5 Å². The number of thiazole rings is 1. The van der Waals surface area contributed by atoms with Gasteiger partial charge in [-0.3, -0.25) is 0 Å². The number of fused-ring (bicyclic) bond motifs is 1. The molecule has 0 saturated heterocycles. The number of hydrogen-bond acceptors (Lipinski definition) is 6. The molecule has 0 aliphatic carbocycles. The quantitative estimate of drug-likeness (QED) is 0.693. The van der Waals surface area contributed by atoms with Crippen molar-refractivity contribution < 1.29 is 14.2 Å². The van der Waals surface area contributed by atoms with Crippen LogP contribution in [0.1, 0.15) is 30.5 Å². The first-order chi connectivity index (χ1) is 12.2. The van der Waals surface area contributed by atoms with Crippen LogP contribution in [0.2, 0.25) is 0 Å². The lowest BCUT2D eigenvalue weighted by atomic mass is 10.1. The Morgan fingerprint density at radius 2 is 2.20 bits per heavy atom. The van der Waals surface area contributed by atoms with Crippen LogP contribution in [-0.4, -0.2) is 28.4 Å². The zero-order valence-electron chi connectivity index (χ0n) is 14.4. The number of ether oxygens (including phenoxy) is 3. The molecule has 7 heteroatoms. The van der Waals surface area contributed by atoms with Crippen LogP contribution in [-0.2, 0) is 6.54 Å². The molecule has 0 bridgehead atoms. The third kappa shape index (κ3) is 2.95. The molecule has 3 heterocycles. The first-order valence-electron chi connectivity index (χ1n) is 8.09. The lowest BCUT2D eigenvalue weighted by Crippen LogP contribution is -2.02. The van der Waals surface area contributed by atoms with Crippen molar-refractivity contribution >= 4 is 11.3 Å². The average Bonchev–Trinajstić information content (AvgIpc) is 3.34. The molecule has 1 aromatic carbocycles. The summed E-state index contributed by atoms with van der Waals surface area (Å²) in [5.74, 6) is 3.26. The standard InChI is InChI=1S/C18H19N3O3S/c1-11(2)18-20-13(9-25-18)8-21-5-4-19-17(21)12-6-14(22-3)16-15(7-12)23-10-24-16/h4-7,9,11H,8,10H2,1-3H3. The fourth-order valence-corrected chi connectivity index (χ4v) is 3.62. The summed E-state index contributed by atoms with van der Waals surface area (Å²) in [6.45, 7) is 5.20. The Balaban J connectivity index is 1.67. The van der Waals surface area contributed by atoms with E-state index in [2.05, 4.69) is 28.8 Å². The van der Waals surface area contributed by atoms with E-state index in [1.807, 2.05) is 18.3 Å². The maximum atomic E-state index is 5.52. The molecular formula is C18H19N3O3S. The van der Waals surface area contributed by atoms with E-state index in [0.717, 1.165) is 22.1 Å². The van der Waals surface area contributed by atoms with Crippen LogP contribution < -0.4 is 14.2 Å². The Morgan fingerprint density at radius 3 is 2.96 bits per heavy atom. The van der Waals surface area contributed by atoms with Crippen molar-refractivity contribution in [3.05, 3.63) is 40.6 Å². The minimum absolute atomic E-state index is 0.209. The highest BCUT2D eigenvalue weighted by molar-refractivity contribution is 7.09. The summed E-state index contributed by atoms with van der Waals surface area (Å²) >= 11 is 1.70. The van der Waals surface area contributed by atoms with Crippen molar-refractivity contribution in [2.75, 3.05) is 13.9 Å². The van der Waals surface area contributed by atoms with Crippen molar-refractivity contribution in [1.29, 1.82) is 0 Å². The average molecular weight is 357 g/mol. The molecule has 130 valence electrons. The van der Waals surface area contributed by atoms with E-state index in [9.17, 15) is 0 Å². The van der Waals surface area contributed by atoms with Crippen LogP contribution in [0.5, 0.6) is 17.2 Å². The minimum atomic E-state index is 0.209. The summed E-state index contributed by atoms with van der Waals surface area (Å²) in [5.41, 5.74) is 1.96. The number of aromatic nitrogens is 3. The van der Waals surface area contributed by atoms with Crippen molar-refractivity contribution in [3.63, 3.8) is 0 Å². The fraction of sp³-hybridized carbons (Fsp3) is 0.333. The Labute approximate surface area is 150 Å². The van der Waals surface area contributed by atoms with Gasteiger partial charge in [-0.1, -0.05) is 13.8 Å². The second-order valence-electron chi connectivity index (χ2n) is 6.12. The molecule has 3 aromatic rings. The van der Waals surface area contributed by atoms with Crippen LogP contribution in [0, 0.1) is 0 Å². The SMILES string of the molecule is COc1cc(-c2nccn2Cc2csc(C(C)C)n2)cc2c1OCO2. The van der Waals surface area contributed by atoms with Crippen LogP contribution in [0.3, 0.4) is 0 Å². The van der Waals surface area contributed by atoms with E-state index in [0.29, 0.717) is 29.7 Å². The third-order valence-corrected chi connectivity index (χ3v) is 5.22. The molecule has 0 radical (unpaired) electrons. The molecule has 0 unspecified atom stereocenters. The highest BCUT2D eigenvalue weighted by Crippen LogP contribution is 2.44. The number of benzene rings is 1. The summed E-state index contributed by atoms with van der Waals surface area (Å²) in [7, 11) is 1.62. The third-order valence-electron chi connectivity index (χ3n) is 4.03. The van der Waals surface area contributed by atoms with Gasteiger partial charge in [0.05, 0.1) is 24.4 Å². The van der Waals surface area contributed by atoms with Gasteiger partial charge in [0.1, 0.15) is 5.82 Å². The molecule has 1 aliphatic heterocycles. The van der Waals surface area contributed by atoms with Gasteiger partial charge in [0, 0.05) is 29.3 Å². The van der Waals surface area contributed by atoms with Crippen LogP contribution in [0.15, 0.2) is 29.9 Å². The van der Waals surface area contributed by atoms with E-state index < -0.39 is 0 Å². The van der Waals surface area contributed by atoms with Crippen LogP contribution >= 0.6 is 11.3 Å². The molecule has 4 rings (SSSR count). The molecule has 0 atom stereocenters. The minimum Gasteiger partial charge on any atom is -0.493 e. The molecule has 0 N–H and O–H groups in total. The fourth-order valence-electron chi connectivity index (χ4n) is 2.79. The van der Waals surface area contributed by atoms with E-state index in [-0.39, 0.29) is 6.79 Å². The van der Waals surface area contributed by atoms with Crippen molar-refractivity contribution in [3.8, 4) is 28.6 Å². The zero-order valence-corrected chi connectivity index (χ0v) is 15.2. The smallest absolute Gasteiger partial charge is 0.231 e. The molecule has 0 amide bonds. The normalized spacial score (nSPS) is 12.8. The van der Waals surface area contributed by atoms with Gasteiger partial charge in [0.15, 0.2) is 11.5 Å². The van der Waals surface area contributed by atoms with Crippen molar-refractivity contribution in [2.45, 2.75) is 26.3 Å². The number of hydrogen-bond donors (Lipinski definition) is 0. The number of nitrogens with zero attached hydrogens (tertiary/aromatic N) is 3. The summed E-state index contributed by atoms with van der Waals surface area (Å²) in [5, 5.41) is 3.26. The predicted molar refractivity (Wildman–Crippen MR) is 95.6 cm³/mol. The molecule has 2 aromatic heterocycles. The Morgan fingerprint density at radius 1 is 1.32 bits per heavy atom. The van der Waals surface area contributed by atoms with Gasteiger partial charge in [-0.2, -0.15) is 0 Å².